The van der Waals surface area contributed by atoms with Gasteiger partial charge in [0.2, 0.25) is 0 Å². The van der Waals surface area contributed by atoms with Crippen molar-refractivity contribution in [2.45, 2.75) is 19.4 Å². The summed E-state index contributed by atoms with van der Waals surface area (Å²) in [6, 6.07) is 16.9. The zero-order valence-electron chi connectivity index (χ0n) is 21.5. The van der Waals surface area contributed by atoms with E-state index in [1.807, 2.05) is 11.1 Å². The molecule has 2 fully saturated rings. The summed E-state index contributed by atoms with van der Waals surface area (Å²) in [6.45, 7) is 10.1. The van der Waals surface area contributed by atoms with Crippen molar-refractivity contribution in [1.82, 2.24) is 14.8 Å². The minimum Gasteiger partial charge on any atom is -0.480 e. The topological polar surface area (TPSA) is 84.2 Å². The third-order valence-corrected chi connectivity index (χ3v) is 7.34. The van der Waals surface area contributed by atoms with E-state index < -0.39 is 5.97 Å². The van der Waals surface area contributed by atoms with Crippen LogP contribution in [0, 0.1) is 6.92 Å². The highest BCUT2D eigenvalue weighted by Crippen LogP contribution is 2.21. The maximum absolute atomic E-state index is 10.9. The molecule has 2 aromatic carbocycles. The van der Waals surface area contributed by atoms with E-state index in [1.54, 1.807) is 0 Å². The lowest BCUT2D eigenvalue weighted by atomic mass is 10.0. The van der Waals surface area contributed by atoms with Gasteiger partial charge < -0.3 is 14.8 Å². The standard InChI is InChI=1S/C28H36N6O3/c1-22-4-2-3-5-27(22)33-14-16-34(17-15-33)29-19-23-6-8-24(9-7-23)26-18-25(37-30-26)20-31-10-12-32(13-11-31)21-28(35)36/h2-9,19,25H,10-18,20-21H2,1H3,(H,35,36)/b29-19+. The lowest BCUT2D eigenvalue weighted by Gasteiger charge is -2.35. The molecule has 3 aliphatic heterocycles. The third kappa shape index (κ3) is 6.67. The van der Waals surface area contributed by atoms with Crippen LogP contribution in [0.5, 0.6) is 0 Å². The number of rotatable bonds is 8. The number of piperazine rings is 2. The van der Waals surface area contributed by atoms with E-state index in [0.717, 1.165) is 82.2 Å². The molecule has 2 saturated heterocycles. The molecule has 9 heteroatoms. The molecule has 0 aliphatic carbocycles. The monoisotopic (exact) mass is 504 g/mol. The highest BCUT2D eigenvalue weighted by molar-refractivity contribution is 6.01. The average molecular weight is 505 g/mol. The van der Waals surface area contributed by atoms with Crippen molar-refractivity contribution in [3.8, 4) is 0 Å². The zero-order chi connectivity index (χ0) is 25.6. The van der Waals surface area contributed by atoms with Gasteiger partial charge in [-0.25, -0.2) is 0 Å². The second kappa shape index (κ2) is 11.7. The highest BCUT2D eigenvalue weighted by Gasteiger charge is 2.27. The maximum atomic E-state index is 10.9. The van der Waals surface area contributed by atoms with E-state index in [-0.39, 0.29) is 12.6 Å². The van der Waals surface area contributed by atoms with Gasteiger partial charge in [-0.2, -0.15) is 5.10 Å². The quantitative estimate of drug-likeness (QED) is 0.553. The molecule has 9 nitrogen and oxygen atoms in total. The second-order valence-electron chi connectivity index (χ2n) is 10.0. The normalized spacial score (nSPS) is 21.3. The van der Waals surface area contributed by atoms with E-state index in [2.05, 4.69) is 75.4 Å². The zero-order valence-corrected chi connectivity index (χ0v) is 21.5. The van der Waals surface area contributed by atoms with E-state index in [4.69, 9.17) is 15.0 Å². The molecule has 1 N–H and O–H groups in total. The number of benzene rings is 2. The molecular weight excluding hydrogens is 468 g/mol. The summed E-state index contributed by atoms with van der Waals surface area (Å²) >= 11 is 0. The number of hydrazone groups is 1. The molecule has 3 heterocycles. The summed E-state index contributed by atoms with van der Waals surface area (Å²) < 4.78 is 0. The Labute approximate surface area is 218 Å². The molecular formula is C28H36N6O3. The van der Waals surface area contributed by atoms with E-state index >= 15 is 0 Å². The number of hydrogen-bond donors (Lipinski definition) is 1. The van der Waals surface area contributed by atoms with Crippen LogP contribution in [0.4, 0.5) is 5.69 Å². The largest absolute Gasteiger partial charge is 0.480 e. The molecule has 0 aromatic heterocycles. The smallest absolute Gasteiger partial charge is 0.317 e. The molecule has 0 spiro atoms. The first-order valence-corrected chi connectivity index (χ1v) is 13.1. The number of nitrogens with zero attached hydrogens (tertiary/aromatic N) is 6. The van der Waals surface area contributed by atoms with Crippen LogP contribution in [0.2, 0.25) is 0 Å². The van der Waals surface area contributed by atoms with Gasteiger partial charge in [0.15, 0.2) is 0 Å². The van der Waals surface area contributed by atoms with Gasteiger partial charge in [-0.15, -0.1) is 0 Å². The summed E-state index contributed by atoms with van der Waals surface area (Å²) in [5, 5.41) is 20.2. The van der Waals surface area contributed by atoms with Gasteiger partial charge in [0.1, 0.15) is 6.10 Å². The minimum absolute atomic E-state index is 0.0422. The number of aryl methyl sites for hydroxylation is 1. The Hall–Kier alpha value is -3.43. The van der Waals surface area contributed by atoms with Crippen LogP contribution >= 0.6 is 0 Å². The molecule has 1 unspecified atom stereocenters. The first-order valence-electron chi connectivity index (χ1n) is 13.1. The summed E-state index contributed by atoms with van der Waals surface area (Å²) in [5.74, 6) is -0.764. The molecule has 196 valence electrons. The molecule has 0 radical (unpaired) electrons. The lowest BCUT2D eigenvalue weighted by molar-refractivity contribution is -0.138. The van der Waals surface area contributed by atoms with Crippen LogP contribution in [0.1, 0.15) is 23.1 Å². The number of hydrogen-bond acceptors (Lipinski definition) is 8. The van der Waals surface area contributed by atoms with Crippen LogP contribution in [0.15, 0.2) is 58.8 Å². The number of carbonyl (C=O) groups is 1. The summed E-state index contributed by atoms with van der Waals surface area (Å²) in [7, 11) is 0. The predicted molar refractivity (Wildman–Crippen MR) is 146 cm³/mol. The van der Waals surface area contributed by atoms with Crippen molar-refractivity contribution in [1.29, 1.82) is 0 Å². The molecule has 2 aromatic rings. The van der Waals surface area contributed by atoms with Gasteiger partial charge in [-0.3, -0.25) is 19.6 Å². The number of oxime groups is 1. The number of carboxylic acids is 1. The Morgan fingerprint density at radius 2 is 1.70 bits per heavy atom. The minimum atomic E-state index is -0.764. The van der Waals surface area contributed by atoms with E-state index in [1.165, 1.54) is 11.3 Å². The Kier molecular flexibility index (Phi) is 8.01. The van der Waals surface area contributed by atoms with Crippen molar-refractivity contribution in [2.24, 2.45) is 10.3 Å². The Morgan fingerprint density at radius 3 is 2.41 bits per heavy atom. The predicted octanol–water partition coefficient (Wildman–Crippen LogP) is 2.35. The van der Waals surface area contributed by atoms with Crippen LogP contribution in [-0.4, -0.2) is 109 Å². The van der Waals surface area contributed by atoms with Gasteiger partial charge >= 0.3 is 5.97 Å². The lowest BCUT2D eigenvalue weighted by Crippen LogP contribution is -2.49. The highest BCUT2D eigenvalue weighted by atomic mass is 16.6. The number of aliphatic carboxylic acids is 1. The van der Waals surface area contributed by atoms with Gasteiger partial charge in [0.05, 0.1) is 31.6 Å². The number of para-hydroxylation sites is 1. The Bertz CT molecular complexity index is 1120. The van der Waals surface area contributed by atoms with Crippen molar-refractivity contribution in [3.05, 3.63) is 65.2 Å². The van der Waals surface area contributed by atoms with Gasteiger partial charge in [0.25, 0.3) is 0 Å². The van der Waals surface area contributed by atoms with E-state index in [0.29, 0.717) is 0 Å². The fourth-order valence-corrected chi connectivity index (χ4v) is 5.19. The average Bonchev–Trinajstić information content (AvgIpc) is 3.38. The molecule has 0 saturated carbocycles. The van der Waals surface area contributed by atoms with Crippen molar-refractivity contribution in [2.75, 3.05) is 70.3 Å². The number of anilines is 1. The molecule has 3 aliphatic rings. The molecule has 1 atom stereocenters. The fourth-order valence-electron chi connectivity index (χ4n) is 5.19. The van der Waals surface area contributed by atoms with Crippen LogP contribution in [0.25, 0.3) is 0 Å². The first-order chi connectivity index (χ1) is 18.0. The first kappa shape index (κ1) is 25.2. The van der Waals surface area contributed by atoms with Crippen molar-refractivity contribution in [3.63, 3.8) is 0 Å². The maximum Gasteiger partial charge on any atom is 0.317 e. The van der Waals surface area contributed by atoms with Crippen molar-refractivity contribution < 1.29 is 14.7 Å². The SMILES string of the molecule is Cc1ccccc1N1CCN(/N=C/c2ccc(C3=NOC(CN4CCN(CC(=O)O)CC4)C3)cc2)CC1. The van der Waals surface area contributed by atoms with Gasteiger partial charge in [-0.1, -0.05) is 47.6 Å². The molecule has 0 bridgehead atoms. The Morgan fingerprint density at radius 1 is 1.00 bits per heavy atom. The molecule has 0 amide bonds. The number of carboxylic acid groups (broad SMARTS) is 1. The fraction of sp³-hybridized carbons (Fsp3) is 0.464. The molecule has 37 heavy (non-hydrogen) atoms. The van der Waals surface area contributed by atoms with Gasteiger partial charge in [-0.05, 0) is 29.7 Å². The third-order valence-electron chi connectivity index (χ3n) is 7.34. The van der Waals surface area contributed by atoms with Gasteiger partial charge in [0, 0.05) is 57.9 Å². The summed E-state index contributed by atoms with van der Waals surface area (Å²) in [6.07, 6.45) is 2.77. The summed E-state index contributed by atoms with van der Waals surface area (Å²) in [5.41, 5.74) is 5.77. The second-order valence-corrected chi connectivity index (χ2v) is 10.0. The van der Waals surface area contributed by atoms with Crippen LogP contribution < -0.4 is 4.90 Å². The summed E-state index contributed by atoms with van der Waals surface area (Å²) in [4.78, 5) is 23.4. The van der Waals surface area contributed by atoms with Crippen molar-refractivity contribution >= 4 is 23.6 Å². The Balaban J connectivity index is 1.06. The molecule has 5 rings (SSSR count). The van der Waals surface area contributed by atoms with Crippen LogP contribution in [-0.2, 0) is 9.63 Å². The van der Waals surface area contributed by atoms with E-state index in [9.17, 15) is 4.79 Å². The van der Waals surface area contributed by atoms with Crippen LogP contribution in [0.3, 0.4) is 0 Å².